The normalized spacial score (nSPS) is 23.5. The van der Waals surface area contributed by atoms with Gasteiger partial charge in [-0.05, 0) is 43.7 Å². The van der Waals surface area contributed by atoms with Gasteiger partial charge in [0.2, 0.25) is 0 Å². The minimum atomic E-state index is 0.0916. The summed E-state index contributed by atoms with van der Waals surface area (Å²) in [5.41, 5.74) is 1.30. The number of hydrogen-bond donors (Lipinski definition) is 0. The molecule has 0 amide bonds. The molecule has 3 unspecified atom stereocenters. The smallest absolute Gasteiger partial charge is 0.137 e. The Morgan fingerprint density at radius 1 is 1.23 bits per heavy atom. The van der Waals surface area contributed by atoms with Gasteiger partial charge in [-0.15, -0.1) is 0 Å². The minimum absolute atomic E-state index is 0.0916. The van der Waals surface area contributed by atoms with Crippen molar-refractivity contribution in [3.8, 4) is 0 Å². The zero-order valence-corrected chi connectivity index (χ0v) is 15.0. The van der Waals surface area contributed by atoms with Crippen LogP contribution in [0.2, 0.25) is 0 Å². The first-order valence-electron chi connectivity index (χ1n) is 8.75. The standard InChI is InChI=1S/C15H21NO.C5H12/c1-12-8-9-16(15(10-12)11-17)13(2)14-6-4-3-5-7-14;1-4-5(2)3/h3-7,11-13,15H,8-10H2,1-2H3;5H,4H2,1-3H3. The first-order valence-corrected chi connectivity index (χ1v) is 8.75. The second-order valence-corrected chi connectivity index (χ2v) is 6.96. The lowest BCUT2D eigenvalue weighted by Crippen LogP contribution is -2.44. The number of carbonyl (C=O) groups is 1. The number of nitrogens with zero attached hydrogens (tertiary/aromatic N) is 1. The molecule has 1 aliphatic heterocycles. The van der Waals surface area contributed by atoms with Gasteiger partial charge in [-0.25, -0.2) is 0 Å². The van der Waals surface area contributed by atoms with Gasteiger partial charge in [0.25, 0.3) is 0 Å². The molecule has 3 atom stereocenters. The van der Waals surface area contributed by atoms with Gasteiger partial charge >= 0.3 is 0 Å². The van der Waals surface area contributed by atoms with E-state index in [0.717, 1.165) is 25.2 Å². The summed E-state index contributed by atoms with van der Waals surface area (Å²) in [6.45, 7) is 12.1. The topological polar surface area (TPSA) is 20.3 Å². The highest BCUT2D eigenvalue weighted by Gasteiger charge is 2.29. The molecule has 0 saturated carbocycles. The molecule has 0 aromatic heterocycles. The average Bonchev–Trinajstić information content (AvgIpc) is 2.55. The van der Waals surface area contributed by atoms with Gasteiger partial charge in [-0.3, -0.25) is 4.90 Å². The summed E-state index contributed by atoms with van der Waals surface area (Å²) in [6, 6.07) is 10.9. The molecule has 0 spiro atoms. The van der Waals surface area contributed by atoms with Crippen LogP contribution in [0.25, 0.3) is 0 Å². The van der Waals surface area contributed by atoms with Crippen molar-refractivity contribution in [3.05, 3.63) is 35.9 Å². The van der Waals surface area contributed by atoms with E-state index in [9.17, 15) is 4.79 Å². The molecule has 2 nitrogen and oxygen atoms in total. The first-order chi connectivity index (χ1) is 10.5. The third-order valence-corrected chi connectivity index (χ3v) is 4.70. The number of likely N-dealkylation sites (tertiary alicyclic amines) is 1. The molecule has 0 radical (unpaired) electrons. The van der Waals surface area contributed by atoms with Crippen LogP contribution in [0.15, 0.2) is 30.3 Å². The highest BCUT2D eigenvalue weighted by atomic mass is 16.1. The summed E-state index contributed by atoms with van der Waals surface area (Å²) < 4.78 is 0. The van der Waals surface area contributed by atoms with E-state index in [2.05, 4.69) is 63.8 Å². The fraction of sp³-hybridized carbons (Fsp3) is 0.650. The Morgan fingerprint density at radius 2 is 1.82 bits per heavy atom. The van der Waals surface area contributed by atoms with Gasteiger partial charge in [0.1, 0.15) is 6.29 Å². The van der Waals surface area contributed by atoms with Crippen molar-refractivity contribution in [2.75, 3.05) is 6.54 Å². The van der Waals surface area contributed by atoms with Crippen LogP contribution in [0.1, 0.15) is 65.5 Å². The maximum Gasteiger partial charge on any atom is 0.137 e. The fourth-order valence-corrected chi connectivity index (χ4v) is 2.74. The van der Waals surface area contributed by atoms with Crippen molar-refractivity contribution in [2.45, 2.75) is 66.0 Å². The van der Waals surface area contributed by atoms with Crippen LogP contribution in [0.5, 0.6) is 0 Å². The number of piperidine rings is 1. The Hall–Kier alpha value is -1.15. The molecule has 1 heterocycles. The van der Waals surface area contributed by atoms with Gasteiger partial charge in [0.15, 0.2) is 0 Å². The van der Waals surface area contributed by atoms with Crippen molar-refractivity contribution < 1.29 is 4.79 Å². The lowest BCUT2D eigenvalue weighted by molar-refractivity contribution is -0.115. The first kappa shape index (κ1) is 18.9. The third-order valence-electron chi connectivity index (χ3n) is 4.70. The van der Waals surface area contributed by atoms with Crippen LogP contribution in [-0.4, -0.2) is 23.8 Å². The van der Waals surface area contributed by atoms with E-state index in [0.29, 0.717) is 12.0 Å². The molecule has 124 valence electrons. The van der Waals surface area contributed by atoms with E-state index in [1.54, 1.807) is 0 Å². The van der Waals surface area contributed by atoms with Crippen molar-refractivity contribution in [3.63, 3.8) is 0 Å². The van der Waals surface area contributed by atoms with E-state index in [1.807, 2.05) is 6.07 Å². The molecule has 1 aliphatic rings. The second-order valence-electron chi connectivity index (χ2n) is 6.96. The average molecular weight is 303 g/mol. The number of hydrogen-bond acceptors (Lipinski definition) is 2. The lowest BCUT2D eigenvalue weighted by atomic mass is 9.91. The van der Waals surface area contributed by atoms with Crippen molar-refractivity contribution in [2.24, 2.45) is 11.8 Å². The Balaban J connectivity index is 0.000000422. The summed E-state index contributed by atoms with van der Waals surface area (Å²) in [5, 5.41) is 0. The molecule has 2 heteroatoms. The van der Waals surface area contributed by atoms with E-state index < -0.39 is 0 Å². The van der Waals surface area contributed by atoms with E-state index in [4.69, 9.17) is 0 Å². The number of rotatable bonds is 4. The number of aldehydes is 1. The van der Waals surface area contributed by atoms with E-state index in [1.165, 1.54) is 18.4 Å². The van der Waals surface area contributed by atoms with Gasteiger partial charge in [0, 0.05) is 6.04 Å². The Bertz CT molecular complexity index is 415. The third kappa shape index (κ3) is 5.92. The van der Waals surface area contributed by atoms with Gasteiger partial charge < -0.3 is 4.79 Å². The zero-order chi connectivity index (χ0) is 16.5. The van der Waals surface area contributed by atoms with Crippen LogP contribution in [0.4, 0.5) is 0 Å². The highest BCUT2D eigenvalue weighted by molar-refractivity contribution is 5.58. The summed E-state index contributed by atoms with van der Waals surface area (Å²) in [6.07, 6.45) is 4.62. The molecular weight excluding hydrogens is 270 g/mol. The molecule has 1 aromatic rings. The Labute approximate surface area is 136 Å². The van der Waals surface area contributed by atoms with Gasteiger partial charge in [-0.2, -0.15) is 0 Å². The summed E-state index contributed by atoms with van der Waals surface area (Å²) in [7, 11) is 0. The molecule has 22 heavy (non-hydrogen) atoms. The molecule has 1 aromatic carbocycles. The van der Waals surface area contributed by atoms with Crippen molar-refractivity contribution in [1.29, 1.82) is 0 Å². The SMILES string of the molecule is CC1CCN(C(C)c2ccccc2)C(C=O)C1.CCC(C)C. The van der Waals surface area contributed by atoms with Crippen LogP contribution >= 0.6 is 0 Å². The highest BCUT2D eigenvalue weighted by Crippen LogP contribution is 2.29. The second kappa shape index (κ2) is 9.78. The molecule has 1 fully saturated rings. The largest absolute Gasteiger partial charge is 0.302 e. The van der Waals surface area contributed by atoms with E-state index >= 15 is 0 Å². The molecule has 0 bridgehead atoms. The molecule has 1 saturated heterocycles. The summed E-state index contributed by atoms with van der Waals surface area (Å²) >= 11 is 0. The van der Waals surface area contributed by atoms with Crippen molar-refractivity contribution >= 4 is 6.29 Å². The maximum absolute atomic E-state index is 11.2. The van der Waals surface area contributed by atoms with Crippen LogP contribution in [-0.2, 0) is 4.79 Å². The quantitative estimate of drug-likeness (QED) is 0.721. The molecular formula is C20H33NO. The van der Waals surface area contributed by atoms with Crippen LogP contribution in [0, 0.1) is 11.8 Å². The van der Waals surface area contributed by atoms with Gasteiger partial charge in [-0.1, -0.05) is 64.4 Å². The van der Waals surface area contributed by atoms with Crippen LogP contribution in [0.3, 0.4) is 0 Å². The monoisotopic (exact) mass is 303 g/mol. The van der Waals surface area contributed by atoms with Crippen molar-refractivity contribution in [1.82, 2.24) is 4.90 Å². The lowest BCUT2D eigenvalue weighted by Gasteiger charge is -2.39. The zero-order valence-electron chi connectivity index (χ0n) is 15.0. The molecule has 2 rings (SSSR count). The Morgan fingerprint density at radius 3 is 2.32 bits per heavy atom. The van der Waals surface area contributed by atoms with E-state index in [-0.39, 0.29) is 6.04 Å². The maximum atomic E-state index is 11.2. The number of carbonyl (C=O) groups excluding carboxylic acids is 1. The molecule has 0 N–H and O–H groups in total. The van der Waals surface area contributed by atoms with Crippen LogP contribution < -0.4 is 0 Å². The fourth-order valence-electron chi connectivity index (χ4n) is 2.74. The summed E-state index contributed by atoms with van der Waals surface area (Å²) in [4.78, 5) is 13.5. The predicted molar refractivity (Wildman–Crippen MR) is 94.9 cm³/mol. The minimum Gasteiger partial charge on any atom is -0.302 e. The van der Waals surface area contributed by atoms with Gasteiger partial charge in [0.05, 0.1) is 6.04 Å². The molecule has 0 aliphatic carbocycles. The predicted octanol–water partition coefficient (Wildman–Crippen LogP) is 5.10. The number of benzene rings is 1. The summed E-state index contributed by atoms with van der Waals surface area (Å²) in [5.74, 6) is 1.56. The Kier molecular flexibility index (Phi) is 8.40.